The molecule has 3 heteroatoms. The van der Waals surface area contributed by atoms with E-state index in [4.69, 9.17) is 4.74 Å². The summed E-state index contributed by atoms with van der Waals surface area (Å²) in [6.07, 6.45) is 0. The lowest BCUT2D eigenvalue weighted by molar-refractivity contribution is 0.477. The van der Waals surface area contributed by atoms with Crippen molar-refractivity contribution in [1.82, 2.24) is 4.98 Å². The van der Waals surface area contributed by atoms with Gasteiger partial charge in [0, 0.05) is 27.5 Å². The molecule has 0 bridgehead atoms. The van der Waals surface area contributed by atoms with Crippen molar-refractivity contribution in [2.75, 3.05) is 4.90 Å². The first-order valence-corrected chi connectivity index (χ1v) is 12.5. The standard InChI is InChI=1S/C34H22N2O/c1-2-9-25(10-3-1)36-30-12-6-7-13-32(30)37-33-19-16-24(21-31(33)36)23-14-17-27-29(20-23)35-28-18-15-22-8-4-5-11-26(22)34(27)28/h1-21,35H. The highest BCUT2D eigenvalue weighted by atomic mass is 16.5. The topological polar surface area (TPSA) is 28.3 Å². The lowest BCUT2D eigenvalue weighted by Gasteiger charge is -2.33. The van der Waals surface area contributed by atoms with E-state index in [1.807, 2.05) is 18.2 Å². The maximum atomic E-state index is 6.32. The number of hydrogen-bond acceptors (Lipinski definition) is 2. The van der Waals surface area contributed by atoms with Gasteiger partial charge < -0.3 is 14.6 Å². The molecule has 7 aromatic rings. The predicted molar refractivity (Wildman–Crippen MR) is 154 cm³/mol. The van der Waals surface area contributed by atoms with Crippen molar-refractivity contribution in [2.45, 2.75) is 0 Å². The number of anilines is 3. The first-order chi connectivity index (χ1) is 18.3. The van der Waals surface area contributed by atoms with E-state index in [9.17, 15) is 0 Å². The fraction of sp³-hybridized carbons (Fsp3) is 0. The van der Waals surface area contributed by atoms with Crippen LogP contribution in [0, 0.1) is 0 Å². The fourth-order valence-corrected chi connectivity index (χ4v) is 5.65. The van der Waals surface area contributed by atoms with Gasteiger partial charge in [-0.2, -0.15) is 0 Å². The number of benzene rings is 6. The second-order valence-corrected chi connectivity index (χ2v) is 9.52. The molecule has 1 N–H and O–H groups in total. The highest BCUT2D eigenvalue weighted by molar-refractivity contribution is 6.20. The van der Waals surface area contributed by atoms with Crippen molar-refractivity contribution in [3.05, 3.63) is 127 Å². The van der Waals surface area contributed by atoms with Gasteiger partial charge >= 0.3 is 0 Å². The molecule has 0 amide bonds. The van der Waals surface area contributed by atoms with E-state index in [-0.39, 0.29) is 0 Å². The van der Waals surface area contributed by atoms with E-state index in [1.165, 1.54) is 21.5 Å². The Morgan fingerprint density at radius 2 is 1.27 bits per heavy atom. The third-order valence-electron chi connectivity index (χ3n) is 7.36. The minimum atomic E-state index is 0.851. The molecule has 1 aliphatic rings. The summed E-state index contributed by atoms with van der Waals surface area (Å²) in [7, 11) is 0. The van der Waals surface area contributed by atoms with Crippen molar-refractivity contribution < 1.29 is 4.74 Å². The molecule has 174 valence electrons. The van der Waals surface area contributed by atoms with Gasteiger partial charge in [-0.25, -0.2) is 0 Å². The predicted octanol–water partition coefficient (Wildman–Crippen LogP) is 9.72. The molecule has 2 heterocycles. The number of fused-ring (bicyclic) bond motifs is 7. The van der Waals surface area contributed by atoms with Crippen LogP contribution in [0.15, 0.2) is 127 Å². The van der Waals surface area contributed by atoms with Gasteiger partial charge in [0.05, 0.1) is 11.4 Å². The van der Waals surface area contributed by atoms with E-state index < -0.39 is 0 Å². The zero-order valence-electron chi connectivity index (χ0n) is 20.0. The molecule has 8 rings (SSSR count). The Labute approximate surface area is 214 Å². The lowest BCUT2D eigenvalue weighted by atomic mass is 9.99. The molecule has 1 aliphatic heterocycles. The van der Waals surface area contributed by atoms with Gasteiger partial charge in [-0.3, -0.25) is 0 Å². The van der Waals surface area contributed by atoms with E-state index in [0.29, 0.717) is 0 Å². The number of nitrogens with one attached hydrogen (secondary N) is 1. The summed E-state index contributed by atoms with van der Waals surface area (Å²) in [5, 5.41) is 5.07. The molecule has 6 aromatic carbocycles. The minimum absolute atomic E-state index is 0.851. The average molecular weight is 475 g/mol. The monoisotopic (exact) mass is 474 g/mol. The first-order valence-electron chi connectivity index (χ1n) is 12.5. The van der Waals surface area contributed by atoms with E-state index in [1.54, 1.807) is 0 Å². The van der Waals surface area contributed by atoms with Gasteiger partial charge in [0.1, 0.15) is 0 Å². The lowest BCUT2D eigenvalue weighted by Crippen LogP contribution is -2.15. The van der Waals surface area contributed by atoms with Gasteiger partial charge in [-0.1, -0.05) is 78.9 Å². The number of para-hydroxylation sites is 3. The Balaban J connectivity index is 1.30. The van der Waals surface area contributed by atoms with Crippen LogP contribution in [0.3, 0.4) is 0 Å². The summed E-state index contributed by atoms with van der Waals surface area (Å²) in [4.78, 5) is 5.94. The van der Waals surface area contributed by atoms with E-state index in [0.717, 1.165) is 50.7 Å². The number of nitrogens with zero attached hydrogens (tertiary/aromatic N) is 1. The molecule has 0 saturated heterocycles. The highest BCUT2D eigenvalue weighted by Crippen LogP contribution is 2.51. The highest BCUT2D eigenvalue weighted by Gasteiger charge is 2.26. The molecule has 37 heavy (non-hydrogen) atoms. The summed E-state index contributed by atoms with van der Waals surface area (Å²) in [5.41, 5.74) is 7.79. The molecule has 0 fully saturated rings. The SMILES string of the molecule is c1ccc(N2c3ccccc3Oc3ccc(-c4ccc5c(c4)[nH]c4ccc6ccccc6c45)cc32)cc1. The number of aromatic amines is 1. The van der Waals surface area contributed by atoms with E-state index in [2.05, 4.69) is 119 Å². The Kier molecular flexibility index (Phi) is 4.23. The zero-order chi connectivity index (χ0) is 24.3. The Morgan fingerprint density at radius 3 is 2.22 bits per heavy atom. The van der Waals surface area contributed by atoms with Crippen molar-refractivity contribution in [3.8, 4) is 22.6 Å². The largest absolute Gasteiger partial charge is 0.453 e. The van der Waals surface area contributed by atoms with Gasteiger partial charge in [0.25, 0.3) is 0 Å². The molecule has 1 aromatic heterocycles. The van der Waals surface area contributed by atoms with Crippen LogP contribution in [-0.2, 0) is 0 Å². The van der Waals surface area contributed by atoms with Crippen LogP contribution >= 0.6 is 0 Å². The summed E-state index contributed by atoms with van der Waals surface area (Å²) >= 11 is 0. The first kappa shape index (κ1) is 20.2. The summed E-state index contributed by atoms with van der Waals surface area (Å²) in [6.45, 7) is 0. The van der Waals surface area contributed by atoms with Crippen LogP contribution in [0.5, 0.6) is 11.5 Å². The van der Waals surface area contributed by atoms with Crippen LogP contribution in [-0.4, -0.2) is 4.98 Å². The van der Waals surface area contributed by atoms with Gasteiger partial charge in [0.15, 0.2) is 11.5 Å². The Hall–Kier alpha value is -5.02. The van der Waals surface area contributed by atoms with Crippen molar-refractivity contribution in [1.29, 1.82) is 0 Å². The molecular formula is C34H22N2O. The van der Waals surface area contributed by atoms with Crippen molar-refractivity contribution in [3.63, 3.8) is 0 Å². The summed E-state index contributed by atoms with van der Waals surface area (Å²) < 4.78 is 6.32. The van der Waals surface area contributed by atoms with Crippen molar-refractivity contribution >= 4 is 49.6 Å². The molecule has 0 radical (unpaired) electrons. The molecular weight excluding hydrogens is 452 g/mol. The third-order valence-corrected chi connectivity index (χ3v) is 7.36. The summed E-state index contributed by atoms with van der Waals surface area (Å²) in [6, 6.07) is 44.8. The maximum absolute atomic E-state index is 6.32. The third kappa shape index (κ3) is 3.08. The number of hydrogen-bond donors (Lipinski definition) is 1. The molecule has 0 unspecified atom stereocenters. The zero-order valence-corrected chi connectivity index (χ0v) is 20.0. The second-order valence-electron chi connectivity index (χ2n) is 9.52. The van der Waals surface area contributed by atoms with Crippen LogP contribution in [0.1, 0.15) is 0 Å². The van der Waals surface area contributed by atoms with Crippen LogP contribution in [0.25, 0.3) is 43.7 Å². The quantitative estimate of drug-likeness (QED) is 0.270. The van der Waals surface area contributed by atoms with Gasteiger partial charge in [-0.05, 0) is 70.4 Å². The molecule has 3 nitrogen and oxygen atoms in total. The smallest absolute Gasteiger partial charge is 0.151 e. The van der Waals surface area contributed by atoms with E-state index >= 15 is 0 Å². The Morgan fingerprint density at radius 1 is 0.514 bits per heavy atom. The normalized spacial score (nSPS) is 12.5. The van der Waals surface area contributed by atoms with Crippen LogP contribution < -0.4 is 9.64 Å². The average Bonchev–Trinajstić information content (AvgIpc) is 3.34. The number of aromatic nitrogens is 1. The Bertz CT molecular complexity index is 1970. The summed E-state index contributed by atoms with van der Waals surface area (Å²) in [5.74, 6) is 1.71. The molecule has 0 spiro atoms. The maximum Gasteiger partial charge on any atom is 0.151 e. The number of ether oxygens (including phenoxy) is 1. The molecule has 0 aliphatic carbocycles. The van der Waals surface area contributed by atoms with Crippen molar-refractivity contribution in [2.24, 2.45) is 0 Å². The van der Waals surface area contributed by atoms with Crippen LogP contribution in [0.4, 0.5) is 17.1 Å². The number of rotatable bonds is 2. The minimum Gasteiger partial charge on any atom is -0.453 e. The van der Waals surface area contributed by atoms with Gasteiger partial charge in [0.2, 0.25) is 0 Å². The van der Waals surface area contributed by atoms with Gasteiger partial charge in [-0.15, -0.1) is 0 Å². The number of H-pyrrole nitrogens is 1. The van der Waals surface area contributed by atoms with Crippen LogP contribution in [0.2, 0.25) is 0 Å². The molecule has 0 saturated carbocycles. The second kappa shape index (κ2) is 7.74. The fourth-order valence-electron chi connectivity index (χ4n) is 5.65. The molecule has 0 atom stereocenters.